The molecular weight excluding hydrogens is 230 g/mol. The van der Waals surface area contributed by atoms with Crippen molar-refractivity contribution in [1.82, 2.24) is 5.32 Å². The van der Waals surface area contributed by atoms with Crippen molar-refractivity contribution in [2.75, 3.05) is 0 Å². The third-order valence-electron chi connectivity index (χ3n) is 3.99. The molecule has 4 heteroatoms. The van der Waals surface area contributed by atoms with Crippen LogP contribution in [0.15, 0.2) is 0 Å². The molecule has 2 unspecified atom stereocenters. The standard InChI is InChI=1S/C14H25NO3/c1-10(6-4-8-12(16)17)15-13(18)11-7-5-9-14(11,2)3/h10-11H,4-9H2,1-3H3,(H,15,18)(H,16,17). The van der Waals surface area contributed by atoms with Gasteiger partial charge in [0.15, 0.2) is 0 Å². The molecule has 1 amide bonds. The fourth-order valence-electron chi connectivity index (χ4n) is 2.79. The molecule has 2 atom stereocenters. The van der Waals surface area contributed by atoms with E-state index in [1.165, 1.54) is 0 Å². The summed E-state index contributed by atoms with van der Waals surface area (Å²) in [5, 5.41) is 11.6. The van der Waals surface area contributed by atoms with Gasteiger partial charge in [0.1, 0.15) is 0 Å². The van der Waals surface area contributed by atoms with Gasteiger partial charge in [0.05, 0.1) is 0 Å². The van der Waals surface area contributed by atoms with Crippen molar-refractivity contribution >= 4 is 11.9 Å². The monoisotopic (exact) mass is 255 g/mol. The zero-order chi connectivity index (χ0) is 13.8. The second kappa shape index (κ2) is 6.21. The number of amides is 1. The van der Waals surface area contributed by atoms with Crippen LogP contribution < -0.4 is 5.32 Å². The van der Waals surface area contributed by atoms with E-state index in [2.05, 4.69) is 19.2 Å². The number of hydrogen-bond donors (Lipinski definition) is 2. The Morgan fingerprint density at radius 1 is 1.44 bits per heavy atom. The highest BCUT2D eigenvalue weighted by molar-refractivity contribution is 5.80. The molecule has 0 heterocycles. The summed E-state index contributed by atoms with van der Waals surface area (Å²) in [5.74, 6) is -0.523. The number of carbonyl (C=O) groups is 2. The van der Waals surface area contributed by atoms with Gasteiger partial charge in [-0.3, -0.25) is 9.59 Å². The molecule has 1 fully saturated rings. The maximum absolute atomic E-state index is 12.1. The van der Waals surface area contributed by atoms with Crippen molar-refractivity contribution in [3.05, 3.63) is 0 Å². The van der Waals surface area contributed by atoms with Gasteiger partial charge >= 0.3 is 5.97 Å². The molecule has 0 aromatic carbocycles. The summed E-state index contributed by atoms with van der Waals surface area (Å²) in [5.41, 5.74) is 0.102. The fourth-order valence-corrected chi connectivity index (χ4v) is 2.79. The van der Waals surface area contributed by atoms with Crippen LogP contribution in [-0.2, 0) is 9.59 Å². The van der Waals surface area contributed by atoms with Crippen molar-refractivity contribution in [2.45, 2.75) is 65.3 Å². The van der Waals surface area contributed by atoms with Crippen molar-refractivity contribution in [3.8, 4) is 0 Å². The second-order valence-corrected chi connectivity index (χ2v) is 6.13. The summed E-state index contributed by atoms with van der Waals surface area (Å²) >= 11 is 0. The highest BCUT2D eigenvalue weighted by atomic mass is 16.4. The van der Waals surface area contributed by atoms with Crippen LogP contribution in [0.4, 0.5) is 0 Å². The number of nitrogens with one attached hydrogen (secondary N) is 1. The number of carbonyl (C=O) groups excluding carboxylic acids is 1. The second-order valence-electron chi connectivity index (χ2n) is 6.13. The molecule has 104 valence electrons. The van der Waals surface area contributed by atoms with Crippen molar-refractivity contribution < 1.29 is 14.7 Å². The van der Waals surface area contributed by atoms with Gasteiger partial charge in [-0.05, 0) is 38.0 Å². The number of hydrogen-bond acceptors (Lipinski definition) is 2. The average Bonchev–Trinajstić information content (AvgIpc) is 2.57. The van der Waals surface area contributed by atoms with Crippen LogP contribution in [0.25, 0.3) is 0 Å². The molecule has 1 aliphatic carbocycles. The average molecular weight is 255 g/mol. The maximum atomic E-state index is 12.1. The molecule has 2 N–H and O–H groups in total. The predicted molar refractivity (Wildman–Crippen MR) is 70.2 cm³/mol. The van der Waals surface area contributed by atoms with E-state index in [0.29, 0.717) is 6.42 Å². The molecule has 0 saturated heterocycles. The van der Waals surface area contributed by atoms with Crippen LogP contribution in [0.2, 0.25) is 0 Å². The molecule has 0 radical (unpaired) electrons. The third-order valence-corrected chi connectivity index (χ3v) is 3.99. The van der Waals surface area contributed by atoms with Crippen LogP contribution in [0.1, 0.15) is 59.3 Å². The van der Waals surface area contributed by atoms with Gasteiger partial charge in [0, 0.05) is 18.4 Å². The van der Waals surface area contributed by atoms with Crippen molar-refractivity contribution in [3.63, 3.8) is 0 Å². The molecule has 1 aliphatic rings. The third kappa shape index (κ3) is 4.31. The Kier molecular flexibility index (Phi) is 5.17. The Bertz CT molecular complexity index is 312. The van der Waals surface area contributed by atoms with Crippen LogP contribution in [-0.4, -0.2) is 23.0 Å². The molecule has 4 nitrogen and oxygen atoms in total. The number of carboxylic acid groups (broad SMARTS) is 1. The van der Waals surface area contributed by atoms with Gasteiger partial charge in [-0.2, -0.15) is 0 Å². The smallest absolute Gasteiger partial charge is 0.303 e. The Morgan fingerprint density at radius 2 is 2.11 bits per heavy atom. The van der Waals surface area contributed by atoms with E-state index in [9.17, 15) is 9.59 Å². The first kappa shape index (κ1) is 15.0. The lowest BCUT2D eigenvalue weighted by molar-refractivity contribution is -0.137. The molecule has 0 aliphatic heterocycles. The Hall–Kier alpha value is -1.06. The summed E-state index contributed by atoms with van der Waals surface area (Å²) < 4.78 is 0. The molecule has 1 saturated carbocycles. The first-order chi connectivity index (χ1) is 8.33. The van der Waals surface area contributed by atoms with E-state index in [1.807, 2.05) is 6.92 Å². The zero-order valence-corrected chi connectivity index (χ0v) is 11.7. The first-order valence-corrected chi connectivity index (χ1v) is 6.85. The molecule has 1 rings (SSSR count). The lowest BCUT2D eigenvalue weighted by atomic mass is 9.81. The number of aliphatic carboxylic acids is 1. The quantitative estimate of drug-likeness (QED) is 0.766. The maximum Gasteiger partial charge on any atom is 0.303 e. The summed E-state index contributed by atoms with van der Waals surface area (Å²) in [6.45, 7) is 6.25. The Morgan fingerprint density at radius 3 is 2.61 bits per heavy atom. The lowest BCUT2D eigenvalue weighted by Gasteiger charge is -2.27. The van der Waals surface area contributed by atoms with Crippen LogP contribution in [0, 0.1) is 11.3 Å². The van der Waals surface area contributed by atoms with Crippen LogP contribution in [0.5, 0.6) is 0 Å². The molecule has 0 bridgehead atoms. The van der Waals surface area contributed by atoms with Gasteiger partial charge in [-0.15, -0.1) is 0 Å². The summed E-state index contributed by atoms with van der Waals surface area (Å²) in [4.78, 5) is 22.6. The fraction of sp³-hybridized carbons (Fsp3) is 0.857. The van der Waals surface area contributed by atoms with Gasteiger partial charge < -0.3 is 10.4 Å². The van der Waals surface area contributed by atoms with Crippen LogP contribution in [0.3, 0.4) is 0 Å². The van der Waals surface area contributed by atoms with E-state index in [1.54, 1.807) is 0 Å². The minimum Gasteiger partial charge on any atom is -0.481 e. The van der Waals surface area contributed by atoms with E-state index in [-0.39, 0.29) is 29.7 Å². The zero-order valence-electron chi connectivity index (χ0n) is 11.7. The van der Waals surface area contributed by atoms with E-state index in [0.717, 1.165) is 25.7 Å². The first-order valence-electron chi connectivity index (χ1n) is 6.85. The Labute approximate surface area is 109 Å². The molecule has 18 heavy (non-hydrogen) atoms. The molecule has 0 aromatic rings. The van der Waals surface area contributed by atoms with Crippen molar-refractivity contribution in [1.29, 1.82) is 0 Å². The topological polar surface area (TPSA) is 66.4 Å². The van der Waals surface area contributed by atoms with Gasteiger partial charge in [-0.25, -0.2) is 0 Å². The highest BCUT2D eigenvalue weighted by Crippen LogP contribution is 2.42. The van der Waals surface area contributed by atoms with Crippen LogP contribution >= 0.6 is 0 Å². The SMILES string of the molecule is CC(CCCC(=O)O)NC(=O)C1CCCC1(C)C. The summed E-state index contributed by atoms with van der Waals surface area (Å²) in [6.07, 6.45) is 4.73. The molecule has 0 aromatic heterocycles. The highest BCUT2D eigenvalue weighted by Gasteiger charge is 2.39. The number of rotatable bonds is 6. The summed E-state index contributed by atoms with van der Waals surface area (Å²) in [7, 11) is 0. The normalized spacial score (nSPS) is 23.6. The minimum absolute atomic E-state index is 0.0632. The molecular formula is C14H25NO3. The molecule has 0 spiro atoms. The van der Waals surface area contributed by atoms with Gasteiger partial charge in [0.2, 0.25) is 5.91 Å². The number of carboxylic acids is 1. The van der Waals surface area contributed by atoms with E-state index >= 15 is 0 Å². The van der Waals surface area contributed by atoms with E-state index in [4.69, 9.17) is 5.11 Å². The van der Waals surface area contributed by atoms with E-state index < -0.39 is 5.97 Å². The minimum atomic E-state index is -0.773. The Balaban J connectivity index is 2.33. The van der Waals surface area contributed by atoms with Gasteiger partial charge in [0.25, 0.3) is 0 Å². The van der Waals surface area contributed by atoms with Gasteiger partial charge in [-0.1, -0.05) is 20.3 Å². The predicted octanol–water partition coefficient (Wildman–Crippen LogP) is 2.57. The van der Waals surface area contributed by atoms with Crippen molar-refractivity contribution in [2.24, 2.45) is 11.3 Å². The summed E-state index contributed by atoms with van der Waals surface area (Å²) in [6, 6.07) is 0.0632. The lowest BCUT2D eigenvalue weighted by Crippen LogP contribution is -2.40. The largest absolute Gasteiger partial charge is 0.481 e.